The first-order chi connectivity index (χ1) is 11.3. The number of furan rings is 1. The quantitative estimate of drug-likeness (QED) is 0.727. The van der Waals surface area contributed by atoms with E-state index in [1.165, 1.54) is 18.4 Å². The number of nitrogens with one attached hydrogen (secondary N) is 1. The largest absolute Gasteiger partial charge is 0.490 e. The van der Waals surface area contributed by atoms with E-state index in [0.29, 0.717) is 27.8 Å². The Labute approximate surface area is 156 Å². The number of ether oxygens (including phenoxy) is 1. The number of carbonyl (C=O) groups is 1. The average molecular weight is 409 g/mol. The van der Waals surface area contributed by atoms with Gasteiger partial charge in [0, 0.05) is 11.3 Å². The van der Waals surface area contributed by atoms with Gasteiger partial charge in [0.25, 0.3) is 5.91 Å². The minimum absolute atomic E-state index is 0. The van der Waals surface area contributed by atoms with Crippen LogP contribution < -0.4 is 15.8 Å². The Morgan fingerprint density at radius 2 is 2.08 bits per heavy atom. The van der Waals surface area contributed by atoms with E-state index in [0.717, 1.165) is 6.26 Å². The van der Waals surface area contributed by atoms with Crippen LogP contribution in [-0.2, 0) is 16.4 Å². The molecule has 25 heavy (non-hydrogen) atoms. The van der Waals surface area contributed by atoms with E-state index in [9.17, 15) is 13.2 Å². The third-order valence-electron chi connectivity index (χ3n) is 3.02. The van der Waals surface area contributed by atoms with Gasteiger partial charge in [-0.15, -0.1) is 12.4 Å². The average Bonchev–Trinajstić information content (AvgIpc) is 2.97. The Balaban J connectivity index is 0.00000312. The first-order valence-corrected chi connectivity index (χ1v) is 9.41. The summed E-state index contributed by atoms with van der Waals surface area (Å²) in [4.78, 5) is 12.2. The van der Waals surface area contributed by atoms with Crippen LogP contribution in [0.1, 0.15) is 16.1 Å². The summed E-state index contributed by atoms with van der Waals surface area (Å²) in [6, 6.07) is 6.18. The molecule has 0 aliphatic carbocycles. The van der Waals surface area contributed by atoms with Crippen molar-refractivity contribution in [2.45, 2.75) is 6.54 Å². The maximum absolute atomic E-state index is 12.2. The first-order valence-electron chi connectivity index (χ1n) is 6.97. The maximum Gasteiger partial charge on any atom is 0.259 e. The number of nitrogens with two attached hydrogens (primary N) is 1. The molecular formula is C15H18Cl2N2O5S. The van der Waals surface area contributed by atoms with E-state index in [1.54, 1.807) is 12.1 Å². The maximum atomic E-state index is 12.2. The van der Waals surface area contributed by atoms with Crippen LogP contribution in [0.5, 0.6) is 5.75 Å². The topological polar surface area (TPSA) is 112 Å². The highest BCUT2D eigenvalue weighted by Gasteiger charge is 2.14. The lowest BCUT2D eigenvalue weighted by Gasteiger charge is -2.12. The molecule has 0 atom stereocenters. The van der Waals surface area contributed by atoms with Gasteiger partial charge >= 0.3 is 0 Å². The monoisotopic (exact) mass is 408 g/mol. The van der Waals surface area contributed by atoms with Gasteiger partial charge in [0.15, 0.2) is 9.84 Å². The van der Waals surface area contributed by atoms with Gasteiger partial charge < -0.3 is 20.2 Å². The summed E-state index contributed by atoms with van der Waals surface area (Å²) < 4.78 is 32.9. The highest BCUT2D eigenvalue weighted by Crippen LogP contribution is 2.28. The van der Waals surface area contributed by atoms with Gasteiger partial charge in [0.2, 0.25) is 0 Å². The lowest BCUT2D eigenvalue weighted by molar-refractivity contribution is 0.102. The molecule has 1 aromatic heterocycles. The molecule has 7 nitrogen and oxygen atoms in total. The fraction of sp³-hybridized carbons (Fsp3) is 0.267. The Kier molecular flexibility index (Phi) is 7.75. The number of carbonyl (C=O) groups excluding carboxylic acids is 1. The number of benzene rings is 1. The molecule has 0 spiro atoms. The van der Waals surface area contributed by atoms with E-state index < -0.39 is 15.7 Å². The Morgan fingerprint density at radius 1 is 1.36 bits per heavy atom. The molecular weight excluding hydrogens is 391 g/mol. The number of hydrogen-bond acceptors (Lipinski definition) is 6. The fourth-order valence-corrected chi connectivity index (χ4v) is 2.39. The number of anilines is 1. The number of sulfone groups is 1. The highest BCUT2D eigenvalue weighted by molar-refractivity contribution is 7.90. The zero-order valence-electron chi connectivity index (χ0n) is 13.3. The summed E-state index contributed by atoms with van der Waals surface area (Å²) in [5.41, 5.74) is 6.07. The molecule has 0 bridgehead atoms. The molecule has 0 radical (unpaired) electrons. The van der Waals surface area contributed by atoms with Crippen molar-refractivity contribution in [2.75, 3.05) is 23.9 Å². The molecule has 2 aromatic rings. The Hall–Kier alpha value is -1.74. The normalized spacial score (nSPS) is 10.8. The van der Waals surface area contributed by atoms with Crippen molar-refractivity contribution in [1.29, 1.82) is 0 Å². The first kappa shape index (κ1) is 21.3. The molecule has 2 rings (SSSR count). The Morgan fingerprint density at radius 3 is 2.68 bits per heavy atom. The molecule has 0 aliphatic heterocycles. The minimum atomic E-state index is -3.14. The van der Waals surface area contributed by atoms with Gasteiger partial charge in [-0.25, -0.2) is 8.42 Å². The third-order valence-corrected chi connectivity index (χ3v) is 4.16. The van der Waals surface area contributed by atoms with Crippen molar-refractivity contribution in [3.8, 4) is 5.75 Å². The minimum Gasteiger partial charge on any atom is -0.490 e. The zero-order valence-corrected chi connectivity index (χ0v) is 15.7. The van der Waals surface area contributed by atoms with Crippen LogP contribution in [0.25, 0.3) is 0 Å². The van der Waals surface area contributed by atoms with E-state index in [4.69, 9.17) is 26.5 Å². The van der Waals surface area contributed by atoms with E-state index >= 15 is 0 Å². The Bertz CT molecular complexity index is 836. The van der Waals surface area contributed by atoms with E-state index in [2.05, 4.69) is 5.32 Å². The van der Waals surface area contributed by atoms with Crippen molar-refractivity contribution < 1.29 is 22.4 Å². The van der Waals surface area contributed by atoms with Crippen LogP contribution in [0.15, 0.2) is 34.9 Å². The van der Waals surface area contributed by atoms with Crippen LogP contribution in [0.3, 0.4) is 0 Å². The van der Waals surface area contributed by atoms with Crippen LogP contribution in [-0.4, -0.2) is 32.9 Å². The van der Waals surface area contributed by atoms with E-state index in [1.807, 2.05) is 0 Å². The number of rotatable bonds is 7. The van der Waals surface area contributed by atoms with E-state index in [-0.39, 0.29) is 31.3 Å². The molecule has 0 saturated carbocycles. The van der Waals surface area contributed by atoms with Crippen LogP contribution in [0, 0.1) is 0 Å². The smallest absolute Gasteiger partial charge is 0.259 e. The highest BCUT2D eigenvalue weighted by atomic mass is 35.5. The van der Waals surface area contributed by atoms with Gasteiger partial charge in [-0.1, -0.05) is 11.6 Å². The molecule has 0 unspecified atom stereocenters. The lowest BCUT2D eigenvalue weighted by Crippen LogP contribution is -2.15. The molecule has 10 heteroatoms. The summed E-state index contributed by atoms with van der Waals surface area (Å²) in [5.74, 6) is 0.244. The SMILES string of the molecule is CS(=O)(=O)CCOc1ccc(Cl)cc1NC(=O)c1coc(CN)c1.Cl. The van der Waals surface area contributed by atoms with Crippen molar-refractivity contribution in [1.82, 2.24) is 0 Å². The van der Waals surface area contributed by atoms with Crippen molar-refractivity contribution in [3.63, 3.8) is 0 Å². The molecule has 138 valence electrons. The summed E-state index contributed by atoms with van der Waals surface area (Å²) >= 11 is 5.94. The second kappa shape index (κ2) is 9.10. The lowest BCUT2D eigenvalue weighted by atomic mass is 10.2. The molecule has 0 fully saturated rings. The van der Waals surface area contributed by atoms with Gasteiger partial charge in [-0.05, 0) is 24.3 Å². The molecule has 1 heterocycles. The van der Waals surface area contributed by atoms with Crippen LogP contribution in [0.4, 0.5) is 5.69 Å². The van der Waals surface area contributed by atoms with Gasteiger partial charge in [-0.3, -0.25) is 4.79 Å². The van der Waals surface area contributed by atoms with Crippen LogP contribution >= 0.6 is 24.0 Å². The molecule has 0 saturated heterocycles. The summed E-state index contributed by atoms with van der Waals surface area (Å²) in [6.07, 6.45) is 2.42. The van der Waals surface area contributed by atoms with Gasteiger partial charge in [0.05, 0.1) is 23.5 Å². The molecule has 3 N–H and O–H groups in total. The summed E-state index contributed by atoms with van der Waals surface area (Å²) in [6.45, 7) is 0.149. The zero-order chi connectivity index (χ0) is 17.7. The predicted molar refractivity (Wildman–Crippen MR) is 98.5 cm³/mol. The van der Waals surface area contributed by atoms with Crippen molar-refractivity contribution >= 4 is 45.4 Å². The van der Waals surface area contributed by atoms with Crippen LogP contribution in [0.2, 0.25) is 5.02 Å². The second-order valence-electron chi connectivity index (χ2n) is 5.08. The van der Waals surface area contributed by atoms with Gasteiger partial charge in [0.1, 0.15) is 24.4 Å². The van der Waals surface area contributed by atoms with Crippen molar-refractivity contribution in [2.24, 2.45) is 5.73 Å². The van der Waals surface area contributed by atoms with Gasteiger partial charge in [-0.2, -0.15) is 0 Å². The summed E-state index contributed by atoms with van der Waals surface area (Å²) in [5, 5.41) is 3.05. The molecule has 1 amide bonds. The second-order valence-corrected chi connectivity index (χ2v) is 7.77. The van der Waals surface area contributed by atoms with Crippen molar-refractivity contribution in [3.05, 3.63) is 46.9 Å². The summed E-state index contributed by atoms with van der Waals surface area (Å²) in [7, 11) is -3.14. The number of halogens is 2. The standard InChI is InChI=1S/C15H17ClN2O5S.ClH/c1-24(20,21)5-4-22-14-3-2-11(16)7-13(14)18-15(19)10-6-12(8-17)23-9-10;/h2-3,6-7,9H,4-5,8,17H2,1H3,(H,18,19);1H. The molecule has 1 aromatic carbocycles. The predicted octanol–water partition coefficient (Wildman–Crippen LogP) is 2.49. The number of amides is 1. The fourth-order valence-electron chi connectivity index (χ4n) is 1.83. The number of hydrogen-bond donors (Lipinski definition) is 2. The third kappa shape index (κ3) is 6.58. The molecule has 0 aliphatic rings.